The van der Waals surface area contributed by atoms with Crippen LogP contribution < -0.4 is 9.62 Å². The predicted octanol–water partition coefficient (Wildman–Crippen LogP) is 5.28. The lowest BCUT2D eigenvalue weighted by Crippen LogP contribution is -2.53. The average Bonchev–Trinajstić information content (AvgIpc) is 2.91. The van der Waals surface area contributed by atoms with E-state index in [0.717, 1.165) is 40.1 Å². The number of nitrogens with one attached hydrogen (secondary N) is 1. The van der Waals surface area contributed by atoms with Crippen LogP contribution in [0.2, 0.25) is 5.02 Å². The number of benzene rings is 3. The summed E-state index contributed by atoms with van der Waals surface area (Å²) in [5, 5.41) is 3.35. The van der Waals surface area contributed by atoms with Crippen LogP contribution in [0, 0.1) is 13.8 Å². The molecule has 0 aromatic heterocycles. The summed E-state index contributed by atoms with van der Waals surface area (Å²) in [7, 11) is -3.86. The molecule has 0 spiro atoms. The number of halogens is 1. The van der Waals surface area contributed by atoms with Crippen molar-refractivity contribution in [3.05, 3.63) is 100 Å². The van der Waals surface area contributed by atoms with Gasteiger partial charge in [0, 0.05) is 24.5 Å². The Labute approximate surface area is 243 Å². The lowest BCUT2D eigenvalue weighted by Gasteiger charge is -2.34. The number of amides is 2. The summed E-state index contributed by atoms with van der Waals surface area (Å²) in [4.78, 5) is 29.3. The van der Waals surface area contributed by atoms with Gasteiger partial charge in [0.25, 0.3) is 0 Å². The van der Waals surface area contributed by atoms with Gasteiger partial charge in [-0.25, -0.2) is 8.42 Å². The van der Waals surface area contributed by atoms with Crippen molar-refractivity contribution in [3.8, 4) is 0 Å². The Morgan fingerprint density at radius 1 is 0.950 bits per heavy atom. The van der Waals surface area contributed by atoms with Crippen molar-refractivity contribution in [2.24, 2.45) is 0 Å². The highest BCUT2D eigenvalue weighted by molar-refractivity contribution is 7.92. The monoisotopic (exact) mass is 583 g/mol. The largest absolute Gasteiger partial charge is 0.354 e. The van der Waals surface area contributed by atoms with Gasteiger partial charge in [-0.05, 0) is 54.7 Å². The van der Waals surface area contributed by atoms with Crippen LogP contribution in [0.5, 0.6) is 0 Å². The minimum atomic E-state index is -3.86. The number of rotatable bonds is 13. The third kappa shape index (κ3) is 8.57. The molecule has 0 aliphatic rings. The third-order valence-electron chi connectivity index (χ3n) is 6.82. The fourth-order valence-electron chi connectivity index (χ4n) is 4.48. The number of unbranched alkanes of at least 4 members (excludes halogenated alkanes) is 1. The molecule has 3 aromatic rings. The smallest absolute Gasteiger partial charge is 0.244 e. The Bertz CT molecular complexity index is 1410. The van der Waals surface area contributed by atoms with Crippen LogP contribution in [-0.2, 0) is 32.6 Å². The van der Waals surface area contributed by atoms with Gasteiger partial charge in [-0.2, -0.15) is 0 Å². The molecule has 0 saturated carbocycles. The molecule has 0 fully saturated rings. The van der Waals surface area contributed by atoms with Crippen molar-refractivity contribution in [1.82, 2.24) is 10.2 Å². The molecule has 7 nitrogen and oxygen atoms in total. The first kappa shape index (κ1) is 31.2. The number of hydrogen-bond donors (Lipinski definition) is 1. The van der Waals surface area contributed by atoms with Crippen LogP contribution in [-0.4, -0.2) is 50.5 Å². The minimum absolute atomic E-state index is 0.149. The Hall–Kier alpha value is -3.36. The number of anilines is 1. The second kappa shape index (κ2) is 14.3. The van der Waals surface area contributed by atoms with E-state index in [1.165, 1.54) is 11.0 Å². The molecule has 1 atom stereocenters. The van der Waals surface area contributed by atoms with E-state index in [1.807, 2.05) is 68.4 Å². The van der Waals surface area contributed by atoms with E-state index in [1.54, 1.807) is 19.1 Å². The summed E-state index contributed by atoms with van der Waals surface area (Å²) in [6, 6.07) is 21.2. The maximum atomic E-state index is 14.2. The number of hydrogen-bond acceptors (Lipinski definition) is 4. The highest BCUT2D eigenvalue weighted by atomic mass is 35.5. The van der Waals surface area contributed by atoms with Crippen LogP contribution in [0.1, 0.15) is 42.0 Å². The molecule has 0 aliphatic heterocycles. The number of aryl methyl sites for hydroxylation is 2. The summed E-state index contributed by atoms with van der Waals surface area (Å²) in [6.07, 6.45) is 3.07. The van der Waals surface area contributed by atoms with E-state index in [-0.39, 0.29) is 18.9 Å². The first-order valence-electron chi connectivity index (χ1n) is 13.4. The van der Waals surface area contributed by atoms with Crippen LogP contribution in [0.4, 0.5) is 5.69 Å². The summed E-state index contributed by atoms with van der Waals surface area (Å²) in [5.41, 5.74) is 3.72. The zero-order valence-electron chi connectivity index (χ0n) is 23.6. The molecule has 214 valence electrons. The fraction of sp³-hybridized carbons (Fsp3) is 0.355. The fourth-order valence-corrected chi connectivity index (χ4v) is 5.54. The average molecular weight is 584 g/mol. The van der Waals surface area contributed by atoms with E-state index < -0.39 is 28.5 Å². The molecule has 0 aliphatic carbocycles. The normalized spacial score (nSPS) is 12.0. The maximum absolute atomic E-state index is 14.2. The molecular formula is C31H38ClN3O4S. The van der Waals surface area contributed by atoms with Crippen LogP contribution in [0.25, 0.3) is 0 Å². The van der Waals surface area contributed by atoms with Crippen LogP contribution in [0.15, 0.2) is 72.8 Å². The zero-order chi connectivity index (χ0) is 29.3. The van der Waals surface area contributed by atoms with Crippen molar-refractivity contribution in [2.45, 2.75) is 52.6 Å². The number of sulfonamides is 1. The van der Waals surface area contributed by atoms with Gasteiger partial charge in [0.15, 0.2) is 0 Å². The van der Waals surface area contributed by atoms with E-state index in [4.69, 9.17) is 11.6 Å². The van der Waals surface area contributed by atoms with Gasteiger partial charge < -0.3 is 10.2 Å². The minimum Gasteiger partial charge on any atom is -0.354 e. The van der Waals surface area contributed by atoms with Crippen molar-refractivity contribution >= 4 is 39.1 Å². The standard InChI is InChI=1S/C31H38ClN3O4S/c1-5-6-18-33-31(37)29(19-25-13-8-7-9-14-25)34(21-26-15-11-10-12-23(26)2)30(36)22-35(40(4,38)39)28-20-27(32)17-16-24(28)3/h7-17,20,29H,5-6,18-19,21-22H2,1-4H3,(H,33,37). The second-order valence-corrected chi connectivity index (χ2v) is 12.3. The molecule has 3 rings (SSSR count). The highest BCUT2D eigenvalue weighted by Gasteiger charge is 2.33. The molecule has 0 radical (unpaired) electrons. The third-order valence-corrected chi connectivity index (χ3v) is 8.18. The van der Waals surface area contributed by atoms with Gasteiger partial charge in [-0.3, -0.25) is 13.9 Å². The van der Waals surface area contributed by atoms with E-state index in [0.29, 0.717) is 22.8 Å². The molecule has 3 aromatic carbocycles. The number of carbonyl (C=O) groups excluding carboxylic acids is 2. The van der Waals surface area contributed by atoms with Crippen molar-refractivity contribution in [3.63, 3.8) is 0 Å². The Morgan fingerprint density at radius 3 is 2.27 bits per heavy atom. The topological polar surface area (TPSA) is 86.8 Å². The highest BCUT2D eigenvalue weighted by Crippen LogP contribution is 2.27. The second-order valence-electron chi connectivity index (χ2n) is 10.00. The van der Waals surface area contributed by atoms with E-state index >= 15 is 0 Å². The van der Waals surface area contributed by atoms with Crippen molar-refractivity contribution < 1.29 is 18.0 Å². The van der Waals surface area contributed by atoms with Gasteiger partial charge in [-0.1, -0.05) is 85.6 Å². The first-order valence-corrected chi connectivity index (χ1v) is 15.6. The number of nitrogens with zero attached hydrogens (tertiary/aromatic N) is 2. The van der Waals surface area contributed by atoms with Crippen molar-refractivity contribution in [2.75, 3.05) is 23.7 Å². The van der Waals surface area contributed by atoms with Gasteiger partial charge in [0.2, 0.25) is 21.8 Å². The molecular weight excluding hydrogens is 546 g/mol. The summed E-state index contributed by atoms with van der Waals surface area (Å²) < 4.78 is 27.0. The van der Waals surface area contributed by atoms with Gasteiger partial charge in [0.05, 0.1) is 11.9 Å². The first-order chi connectivity index (χ1) is 19.0. The maximum Gasteiger partial charge on any atom is 0.244 e. The molecule has 9 heteroatoms. The molecule has 0 saturated heterocycles. The quantitative estimate of drug-likeness (QED) is 0.277. The Balaban J connectivity index is 2.07. The number of carbonyl (C=O) groups is 2. The van der Waals surface area contributed by atoms with Gasteiger partial charge in [0.1, 0.15) is 12.6 Å². The molecule has 1 N–H and O–H groups in total. The molecule has 40 heavy (non-hydrogen) atoms. The Kier molecular flexibility index (Phi) is 11.2. The predicted molar refractivity (Wildman–Crippen MR) is 162 cm³/mol. The van der Waals surface area contributed by atoms with E-state index in [9.17, 15) is 18.0 Å². The Morgan fingerprint density at radius 2 is 1.62 bits per heavy atom. The van der Waals surface area contributed by atoms with Crippen LogP contribution >= 0.6 is 11.6 Å². The molecule has 2 amide bonds. The molecule has 0 heterocycles. The van der Waals surface area contributed by atoms with Gasteiger partial charge >= 0.3 is 0 Å². The lowest BCUT2D eigenvalue weighted by molar-refractivity contribution is -0.140. The lowest BCUT2D eigenvalue weighted by atomic mass is 10.0. The summed E-state index contributed by atoms with van der Waals surface area (Å²) in [6.45, 7) is 5.92. The van der Waals surface area contributed by atoms with Crippen molar-refractivity contribution in [1.29, 1.82) is 0 Å². The van der Waals surface area contributed by atoms with Gasteiger partial charge in [-0.15, -0.1) is 0 Å². The molecule has 1 unspecified atom stereocenters. The summed E-state index contributed by atoms with van der Waals surface area (Å²) in [5.74, 6) is -0.760. The van der Waals surface area contributed by atoms with E-state index in [2.05, 4.69) is 5.32 Å². The van der Waals surface area contributed by atoms with Crippen LogP contribution in [0.3, 0.4) is 0 Å². The SMILES string of the molecule is CCCCNC(=O)C(Cc1ccccc1)N(Cc1ccccc1C)C(=O)CN(c1cc(Cl)ccc1C)S(C)(=O)=O. The summed E-state index contributed by atoms with van der Waals surface area (Å²) >= 11 is 6.21. The zero-order valence-corrected chi connectivity index (χ0v) is 25.1. The molecule has 0 bridgehead atoms.